The van der Waals surface area contributed by atoms with Crippen molar-refractivity contribution >= 4 is 12.0 Å². The molecule has 0 fully saturated rings. The Labute approximate surface area is 136 Å². The van der Waals surface area contributed by atoms with E-state index in [1.54, 1.807) is 6.92 Å². The monoisotopic (exact) mass is 308 g/mol. The minimum Gasteiger partial charge on any atom is -0.483 e. The van der Waals surface area contributed by atoms with Gasteiger partial charge in [0.25, 0.3) is 0 Å². The second-order valence-electron chi connectivity index (χ2n) is 6.45. The van der Waals surface area contributed by atoms with E-state index in [1.807, 2.05) is 68.5 Å². The largest absolute Gasteiger partial charge is 0.483 e. The molecule has 1 atom stereocenters. The third-order valence-electron chi connectivity index (χ3n) is 4.12. The van der Waals surface area contributed by atoms with Crippen LogP contribution in [0, 0.1) is 0 Å². The average molecular weight is 308 g/mol. The number of carboxylic acids is 1. The first-order valence-electron chi connectivity index (χ1n) is 7.72. The fraction of sp³-hybridized carbons (Fsp3) is 0.250. The molecule has 3 heteroatoms. The van der Waals surface area contributed by atoms with Crippen LogP contribution in [0.2, 0.25) is 0 Å². The summed E-state index contributed by atoms with van der Waals surface area (Å²) in [5.41, 5.74) is 3.28. The topological polar surface area (TPSA) is 46.5 Å². The number of carboxylic acid groups (broad SMARTS) is 1. The predicted molar refractivity (Wildman–Crippen MR) is 91.7 cm³/mol. The van der Waals surface area contributed by atoms with E-state index in [4.69, 9.17) is 4.74 Å². The number of hydrogen-bond donors (Lipinski definition) is 1. The lowest BCUT2D eigenvalue weighted by atomic mass is 9.90. The number of rotatable bonds is 3. The lowest BCUT2D eigenvalue weighted by molar-refractivity contribution is -0.138. The number of benzene rings is 2. The molecular formula is C20H20O3. The van der Waals surface area contributed by atoms with Gasteiger partial charge in [-0.25, -0.2) is 0 Å². The van der Waals surface area contributed by atoms with Gasteiger partial charge in [0.2, 0.25) is 0 Å². The van der Waals surface area contributed by atoms with Crippen LogP contribution in [0.4, 0.5) is 0 Å². The van der Waals surface area contributed by atoms with Gasteiger partial charge < -0.3 is 9.84 Å². The van der Waals surface area contributed by atoms with E-state index >= 15 is 0 Å². The summed E-state index contributed by atoms with van der Waals surface area (Å²) in [6.45, 7) is 5.72. The average Bonchev–Trinajstić information content (AvgIpc) is 2.53. The molecule has 118 valence electrons. The summed E-state index contributed by atoms with van der Waals surface area (Å²) >= 11 is 0. The molecule has 0 radical (unpaired) electrons. The van der Waals surface area contributed by atoms with Gasteiger partial charge in [-0.05, 0) is 50.1 Å². The van der Waals surface area contributed by atoms with E-state index in [2.05, 4.69) is 0 Å². The molecule has 1 aliphatic heterocycles. The Hall–Kier alpha value is -2.55. The third-order valence-corrected chi connectivity index (χ3v) is 4.12. The van der Waals surface area contributed by atoms with Gasteiger partial charge in [0.05, 0.1) is 5.92 Å². The van der Waals surface area contributed by atoms with Gasteiger partial charge in [0.1, 0.15) is 11.4 Å². The molecule has 0 saturated carbocycles. The van der Waals surface area contributed by atoms with Crippen molar-refractivity contribution in [2.75, 3.05) is 0 Å². The van der Waals surface area contributed by atoms with Crippen LogP contribution in [0.5, 0.6) is 5.75 Å². The molecule has 1 heterocycles. The molecular weight excluding hydrogens is 288 g/mol. The first-order valence-corrected chi connectivity index (χ1v) is 7.72. The molecule has 0 bridgehead atoms. The molecule has 2 aromatic rings. The standard InChI is InChI=1S/C20H20O3/c1-13(19(21)22)16-11-15-9-10-20(2,3)23-18(15)17(12-16)14-7-5-4-6-8-14/h4-13H,1-3H3,(H,21,22). The Balaban J connectivity index is 2.22. The quantitative estimate of drug-likeness (QED) is 0.892. The predicted octanol–water partition coefficient (Wildman–Crippen LogP) is 4.73. The molecule has 23 heavy (non-hydrogen) atoms. The van der Waals surface area contributed by atoms with Crippen LogP contribution >= 0.6 is 0 Å². The van der Waals surface area contributed by atoms with Crippen molar-refractivity contribution in [2.24, 2.45) is 0 Å². The van der Waals surface area contributed by atoms with Crippen molar-refractivity contribution in [3.05, 3.63) is 59.7 Å². The van der Waals surface area contributed by atoms with Gasteiger partial charge in [0.15, 0.2) is 0 Å². The van der Waals surface area contributed by atoms with E-state index in [-0.39, 0.29) is 5.60 Å². The van der Waals surface area contributed by atoms with Gasteiger partial charge in [-0.15, -0.1) is 0 Å². The third kappa shape index (κ3) is 3.00. The summed E-state index contributed by atoms with van der Waals surface area (Å²) < 4.78 is 6.17. The summed E-state index contributed by atoms with van der Waals surface area (Å²) in [4.78, 5) is 11.4. The smallest absolute Gasteiger partial charge is 0.310 e. The van der Waals surface area contributed by atoms with Crippen LogP contribution < -0.4 is 4.74 Å². The van der Waals surface area contributed by atoms with Crippen molar-refractivity contribution in [3.8, 4) is 16.9 Å². The first-order chi connectivity index (χ1) is 10.9. The summed E-state index contributed by atoms with van der Waals surface area (Å²) in [6.07, 6.45) is 4.02. The van der Waals surface area contributed by atoms with Crippen molar-refractivity contribution in [1.82, 2.24) is 0 Å². The van der Waals surface area contributed by atoms with Crippen molar-refractivity contribution in [2.45, 2.75) is 32.3 Å². The Kier molecular flexibility index (Phi) is 3.72. The number of fused-ring (bicyclic) bond motifs is 1. The molecule has 3 nitrogen and oxygen atoms in total. The lowest BCUT2D eigenvalue weighted by Gasteiger charge is -2.30. The fourth-order valence-electron chi connectivity index (χ4n) is 2.72. The highest BCUT2D eigenvalue weighted by Crippen LogP contribution is 2.41. The first kappa shape index (κ1) is 15.3. The van der Waals surface area contributed by atoms with Crippen molar-refractivity contribution in [3.63, 3.8) is 0 Å². The van der Waals surface area contributed by atoms with Crippen LogP contribution in [0.25, 0.3) is 17.2 Å². The highest BCUT2D eigenvalue weighted by atomic mass is 16.5. The molecule has 1 N–H and O–H groups in total. The summed E-state index contributed by atoms with van der Waals surface area (Å²) in [5.74, 6) is -0.582. The van der Waals surface area contributed by atoms with Crippen LogP contribution in [0.3, 0.4) is 0 Å². The molecule has 1 unspecified atom stereocenters. The lowest BCUT2D eigenvalue weighted by Crippen LogP contribution is -2.28. The van der Waals surface area contributed by atoms with E-state index in [0.29, 0.717) is 0 Å². The van der Waals surface area contributed by atoms with Crippen LogP contribution in [0.15, 0.2) is 48.5 Å². The van der Waals surface area contributed by atoms with Gasteiger partial charge in [-0.2, -0.15) is 0 Å². The maximum atomic E-state index is 11.4. The van der Waals surface area contributed by atoms with E-state index < -0.39 is 11.9 Å². The zero-order chi connectivity index (χ0) is 16.6. The number of ether oxygens (including phenoxy) is 1. The molecule has 2 aromatic carbocycles. The van der Waals surface area contributed by atoms with E-state index in [0.717, 1.165) is 28.0 Å². The highest BCUT2D eigenvalue weighted by Gasteiger charge is 2.26. The Morgan fingerprint density at radius 2 is 1.87 bits per heavy atom. The zero-order valence-corrected chi connectivity index (χ0v) is 13.5. The molecule has 1 aliphatic rings. The van der Waals surface area contributed by atoms with Crippen LogP contribution in [-0.4, -0.2) is 16.7 Å². The maximum absolute atomic E-state index is 11.4. The zero-order valence-electron chi connectivity index (χ0n) is 13.5. The fourth-order valence-corrected chi connectivity index (χ4v) is 2.72. The van der Waals surface area contributed by atoms with Crippen molar-refractivity contribution < 1.29 is 14.6 Å². The van der Waals surface area contributed by atoms with Crippen LogP contribution in [0.1, 0.15) is 37.8 Å². The molecule has 0 amide bonds. The Morgan fingerprint density at radius 1 is 1.17 bits per heavy atom. The van der Waals surface area contributed by atoms with E-state index in [1.165, 1.54) is 0 Å². The summed E-state index contributed by atoms with van der Waals surface area (Å²) in [5, 5.41) is 9.33. The van der Waals surface area contributed by atoms with Gasteiger partial charge in [-0.1, -0.05) is 36.4 Å². The molecule has 0 saturated heterocycles. The van der Waals surface area contributed by atoms with Crippen molar-refractivity contribution in [1.29, 1.82) is 0 Å². The minimum absolute atomic E-state index is 0.379. The SMILES string of the molecule is CC(C(=O)O)c1cc2c(c(-c3ccccc3)c1)OC(C)(C)C=C2. The van der Waals surface area contributed by atoms with Gasteiger partial charge >= 0.3 is 5.97 Å². The number of hydrogen-bond acceptors (Lipinski definition) is 2. The summed E-state index contributed by atoms with van der Waals surface area (Å²) in [6, 6.07) is 13.8. The van der Waals surface area contributed by atoms with Gasteiger partial charge in [0, 0.05) is 11.1 Å². The number of aliphatic carboxylic acids is 1. The normalized spacial score (nSPS) is 16.3. The van der Waals surface area contributed by atoms with Gasteiger partial charge in [-0.3, -0.25) is 4.79 Å². The molecule has 0 aliphatic carbocycles. The van der Waals surface area contributed by atoms with E-state index in [9.17, 15) is 9.90 Å². The maximum Gasteiger partial charge on any atom is 0.310 e. The van der Waals surface area contributed by atoms with Crippen LogP contribution in [-0.2, 0) is 4.79 Å². The molecule has 3 rings (SSSR count). The summed E-state index contributed by atoms with van der Waals surface area (Å²) in [7, 11) is 0. The Morgan fingerprint density at radius 3 is 2.52 bits per heavy atom. The highest BCUT2D eigenvalue weighted by molar-refractivity contribution is 5.82. The number of carbonyl (C=O) groups is 1. The minimum atomic E-state index is -0.829. The molecule has 0 spiro atoms. The Bertz CT molecular complexity index is 773. The molecule has 0 aromatic heterocycles. The second-order valence-corrected chi connectivity index (χ2v) is 6.45. The second kappa shape index (κ2) is 5.58.